The van der Waals surface area contributed by atoms with Crippen molar-refractivity contribution in [1.82, 2.24) is 4.90 Å². The van der Waals surface area contributed by atoms with Gasteiger partial charge in [-0.25, -0.2) is 0 Å². The fourth-order valence-electron chi connectivity index (χ4n) is 3.60. The zero-order valence-electron chi connectivity index (χ0n) is 16.7. The highest BCUT2D eigenvalue weighted by molar-refractivity contribution is 8.00. The molecule has 2 N–H and O–H groups in total. The maximum absolute atomic E-state index is 13.4. The van der Waals surface area contributed by atoms with Crippen molar-refractivity contribution < 1.29 is 14.3 Å². The average molecular weight is 425 g/mol. The van der Waals surface area contributed by atoms with Gasteiger partial charge < -0.3 is 15.4 Å². The van der Waals surface area contributed by atoms with Gasteiger partial charge in [0.2, 0.25) is 5.91 Å². The summed E-state index contributed by atoms with van der Waals surface area (Å²) in [5.41, 5.74) is 6.35. The van der Waals surface area contributed by atoms with Crippen LogP contribution in [0.2, 0.25) is 5.02 Å². The molecule has 2 aliphatic rings. The van der Waals surface area contributed by atoms with E-state index in [1.165, 1.54) is 0 Å². The highest BCUT2D eigenvalue weighted by Crippen LogP contribution is 2.43. The number of benzene rings is 1. The summed E-state index contributed by atoms with van der Waals surface area (Å²) in [5.74, 6) is 0.723. The van der Waals surface area contributed by atoms with E-state index in [1.54, 1.807) is 0 Å². The summed E-state index contributed by atoms with van der Waals surface area (Å²) < 4.78 is 5.91. The van der Waals surface area contributed by atoms with Crippen LogP contribution < -0.4 is 5.73 Å². The number of amides is 2. The Labute approximate surface area is 176 Å². The molecule has 1 aromatic rings. The van der Waals surface area contributed by atoms with Crippen molar-refractivity contribution in [3.05, 3.63) is 34.9 Å². The quantitative estimate of drug-likeness (QED) is 0.722. The van der Waals surface area contributed by atoms with Gasteiger partial charge in [0.25, 0.3) is 5.91 Å². The third kappa shape index (κ3) is 5.43. The number of carbonyl (C=O) groups is 2. The van der Waals surface area contributed by atoms with Gasteiger partial charge >= 0.3 is 0 Å². The van der Waals surface area contributed by atoms with Gasteiger partial charge in [-0.3, -0.25) is 9.59 Å². The summed E-state index contributed by atoms with van der Waals surface area (Å²) in [6.45, 7) is 6.93. The van der Waals surface area contributed by atoms with Crippen molar-refractivity contribution in [2.24, 2.45) is 11.7 Å². The predicted molar refractivity (Wildman–Crippen MR) is 113 cm³/mol. The first-order valence-corrected chi connectivity index (χ1v) is 11.1. The molecular weight excluding hydrogens is 396 g/mol. The van der Waals surface area contributed by atoms with Gasteiger partial charge in [0.15, 0.2) is 0 Å². The molecule has 1 aromatic carbocycles. The van der Waals surface area contributed by atoms with Crippen LogP contribution in [0.3, 0.4) is 0 Å². The summed E-state index contributed by atoms with van der Waals surface area (Å²) in [5, 5.41) is 0.659. The monoisotopic (exact) mass is 424 g/mol. The second-order valence-corrected chi connectivity index (χ2v) is 10.9. The topological polar surface area (TPSA) is 72.6 Å². The first kappa shape index (κ1) is 21.5. The molecule has 3 rings (SSSR count). The molecule has 28 heavy (non-hydrogen) atoms. The molecule has 0 radical (unpaired) electrons. The van der Waals surface area contributed by atoms with Crippen molar-refractivity contribution in [3.63, 3.8) is 0 Å². The number of hydrogen-bond acceptors (Lipinski definition) is 4. The number of nitrogens with two attached hydrogens (primary N) is 1. The summed E-state index contributed by atoms with van der Waals surface area (Å²) in [6, 6.07) is 7.52. The van der Waals surface area contributed by atoms with E-state index in [1.807, 2.05) is 40.9 Å². The number of rotatable bonds is 7. The lowest BCUT2D eigenvalue weighted by molar-refractivity contribution is -0.166. The molecule has 3 atom stereocenters. The minimum atomic E-state index is -0.790. The highest BCUT2D eigenvalue weighted by atomic mass is 35.5. The van der Waals surface area contributed by atoms with E-state index in [0.29, 0.717) is 17.5 Å². The van der Waals surface area contributed by atoms with Crippen LogP contribution in [-0.4, -0.2) is 46.0 Å². The predicted octanol–water partition coefficient (Wildman–Crippen LogP) is 3.79. The lowest BCUT2D eigenvalue weighted by Gasteiger charge is -2.44. The Balaban J connectivity index is 1.90. The smallest absolute Gasteiger partial charge is 0.253 e. The standard InChI is InChI=1S/C21H29ClN2O3S/c1-21(2,3)28-12-17(14-4-5-14)24-16(13-6-8-15(22)9-7-13)11-27-18(20(24)26)10-19(23)25/h6-9,14,16-18H,4-5,10-12H2,1-3H3,(H2,23,25). The van der Waals surface area contributed by atoms with E-state index in [0.717, 1.165) is 24.2 Å². The maximum atomic E-state index is 13.4. The van der Waals surface area contributed by atoms with Crippen molar-refractivity contribution in [2.75, 3.05) is 12.4 Å². The molecule has 3 unspecified atom stereocenters. The maximum Gasteiger partial charge on any atom is 0.253 e. The van der Waals surface area contributed by atoms with E-state index in [4.69, 9.17) is 22.1 Å². The summed E-state index contributed by atoms with van der Waals surface area (Å²) in [7, 11) is 0. The summed E-state index contributed by atoms with van der Waals surface area (Å²) >= 11 is 7.93. The zero-order chi connectivity index (χ0) is 20.5. The Morgan fingerprint density at radius 1 is 1.32 bits per heavy atom. The normalized spacial score (nSPS) is 24.3. The molecule has 1 aliphatic heterocycles. The van der Waals surface area contributed by atoms with Crippen LogP contribution in [0.1, 0.15) is 51.6 Å². The van der Waals surface area contributed by atoms with Gasteiger partial charge in [0.1, 0.15) is 6.10 Å². The lowest BCUT2D eigenvalue weighted by atomic mass is 9.98. The Hall–Kier alpha value is -1.24. The second kappa shape index (κ2) is 8.64. The average Bonchev–Trinajstić information content (AvgIpc) is 3.43. The Morgan fingerprint density at radius 2 is 1.96 bits per heavy atom. The molecule has 1 saturated heterocycles. The molecule has 0 bridgehead atoms. The van der Waals surface area contributed by atoms with Gasteiger partial charge in [0.05, 0.1) is 19.1 Å². The first-order valence-electron chi connectivity index (χ1n) is 9.77. The Bertz CT molecular complexity index is 715. The van der Waals surface area contributed by atoms with E-state index < -0.39 is 12.0 Å². The molecule has 5 nitrogen and oxygen atoms in total. The van der Waals surface area contributed by atoms with Crippen LogP contribution in [0.5, 0.6) is 0 Å². The van der Waals surface area contributed by atoms with Crippen LogP contribution in [0.4, 0.5) is 0 Å². The third-order valence-electron chi connectivity index (χ3n) is 5.17. The van der Waals surface area contributed by atoms with E-state index in [-0.39, 0.29) is 29.2 Å². The van der Waals surface area contributed by atoms with Gasteiger partial charge in [-0.1, -0.05) is 44.5 Å². The van der Waals surface area contributed by atoms with E-state index in [2.05, 4.69) is 20.8 Å². The van der Waals surface area contributed by atoms with Crippen LogP contribution in [0.15, 0.2) is 24.3 Å². The fraction of sp³-hybridized carbons (Fsp3) is 0.619. The van der Waals surface area contributed by atoms with Crippen LogP contribution in [0.25, 0.3) is 0 Å². The second-order valence-electron chi connectivity index (χ2n) is 8.63. The molecule has 1 heterocycles. The summed E-state index contributed by atoms with van der Waals surface area (Å²) in [4.78, 5) is 26.8. The number of ether oxygens (including phenoxy) is 1. The van der Waals surface area contributed by atoms with Crippen molar-refractivity contribution >= 4 is 35.2 Å². The van der Waals surface area contributed by atoms with Crippen molar-refractivity contribution in [3.8, 4) is 0 Å². The number of thioether (sulfide) groups is 1. The molecule has 0 aromatic heterocycles. The summed E-state index contributed by atoms with van der Waals surface area (Å²) in [6.07, 6.45) is 1.40. The van der Waals surface area contributed by atoms with Crippen molar-refractivity contribution in [2.45, 2.75) is 63.0 Å². The van der Waals surface area contributed by atoms with Gasteiger partial charge in [-0.2, -0.15) is 11.8 Å². The number of primary amides is 1. The molecule has 1 aliphatic carbocycles. The molecular formula is C21H29ClN2O3S. The van der Waals surface area contributed by atoms with Gasteiger partial charge in [-0.15, -0.1) is 0 Å². The molecule has 154 valence electrons. The van der Waals surface area contributed by atoms with E-state index in [9.17, 15) is 9.59 Å². The molecule has 2 amide bonds. The number of halogens is 1. The molecule has 2 fully saturated rings. The number of nitrogens with zero attached hydrogens (tertiary/aromatic N) is 1. The minimum absolute atomic E-state index is 0.0769. The number of hydrogen-bond donors (Lipinski definition) is 1. The lowest BCUT2D eigenvalue weighted by Crippen LogP contribution is -2.56. The Morgan fingerprint density at radius 3 is 2.50 bits per heavy atom. The molecule has 0 spiro atoms. The van der Waals surface area contributed by atoms with E-state index >= 15 is 0 Å². The molecule has 1 saturated carbocycles. The fourth-order valence-corrected chi connectivity index (χ4v) is 4.83. The van der Waals surface area contributed by atoms with Crippen molar-refractivity contribution in [1.29, 1.82) is 0 Å². The largest absolute Gasteiger partial charge is 0.370 e. The Kier molecular flexibility index (Phi) is 6.62. The zero-order valence-corrected chi connectivity index (χ0v) is 18.3. The highest BCUT2D eigenvalue weighted by Gasteiger charge is 2.46. The van der Waals surface area contributed by atoms with Crippen LogP contribution >= 0.6 is 23.4 Å². The molecule has 7 heteroatoms. The minimum Gasteiger partial charge on any atom is -0.370 e. The van der Waals surface area contributed by atoms with Crippen LogP contribution in [-0.2, 0) is 14.3 Å². The van der Waals surface area contributed by atoms with Gasteiger partial charge in [-0.05, 0) is 36.5 Å². The third-order valence-corrected chi connectivity index (χ3v) is 6.80. The van der Waals surface area contributed by atoms with Crippen LogP contribution in [0, 0.1) is 5.92 Å². The number of morpholine rings is 1. The number of carbonyl (C=O) groups excluding carboxylic acids is 2. The SMILES string of the molecule is CC(C)(C)SCC(C1CC1)N1C(=O)C(CC(N)=O)OCC1c1ccc(Cl)cc1. The van der Waals surface area contributed by atoms with Gasteiger partial charge in [0, 0.05) is 21.6 Å². The first-order chi connectivity index (χ1) is 13.2.